The number of hydrogen-bond donors (Lipinski definition) is 1. The second-order valence-electron chi connectivity index (χ2n) is 11.6. The van der Waals surface area contributed by atoms with Crippen molar-refractivity contribution in [1.29, 1.82) is 0 Å². The first-order valence-corrected chi connectivity index (χ1v) is 12.5. The number of nitrogens with zero attached hydrogens (tertiary/aromatic N) is 1. The van der Waals surface area contributed by atoms with Crippen LogP contribution in [-0.2, 0) is 11.0 Å². The first-order valence-electron chi connectivity index (χ1n) is 12.5. The van der Waals surface area contributed by atoms with E-state index in [1.807, 2.05) is 32.0 Å². The average molecular weight is 490 g/mol. The molecule has 1 N–H and O–H groups in total. The molecule has 35 heavy (non-hydrogen) atoms. The quantitative estimate of drug-likeness (QED) is 0.431. The van der Waals surface area contributed by atoms with Crippen molar-refractivity contribution >= 4 is 5.97 Å². The van der Waals surface area contributed by atoms with Gasteiger partial charge >= 0.3 is 12.1 Å². The summed E-state index contributed by atoms with van der Waals surface area (Å²) in [6, 6.07) is 11.1. The standard InChI is InChI=1S/C29H38F3NO2/c1-19(2)15-26(27(34)35)21-10-13-24(22-7-6-14-33(17-22)18-28(3,4)5)25(16-21)20-8-11-23(12-9-20)29(30,31)32/h8-13,16,19,22,26H,6-7,14-15,17-18H2,1-5H3,(H,34,35). The fourth-order valence-electron chi connectivity index (χ4n) is 5.21. The van der Waals surface area contributed by atoms with Crippen molar-refractivity contribution in [3.8, 4) is 11.1 Å². The predicted molar refractivity (Wildman–Crippen MR) is 135 cm³/mol. The van der Waals surface area contributed by atoms with Crippen LogP contribution in [0.15, 0.2) is 42.5 Å². The third-order valence-corrected chi connectivity index (χ3v) is 6.65. The molecule has 1 aliphatic heterocycles. The van der Waals surface area contributed by atoms with E-state index in [9.17, 15) is 23.1 Å². The second-order valence-corrected chi connectivity index (χ2v) is 11.6. The molecule has 3 nitrogen and oxygen atoms in total. The Morgan fingerprint density at radius 1 is 1.09 bits per heavy atom. The number of aliphatic carboxylic acids is 1. The van der Waals surface area contributed by atoms with E-state index in [-0.39, 0.29) is 17.3 Å². The summed E-state index contributed by atoms with van der Waals surface area (Å²) < 4.78 is 39.5. The van der Waals surface area contributed by atoms with Crippen molar-refractivity contribution in [2.45, 2.75) is 71.9 Å². The highest BCUT2D eigenvalue weighted by atomic mass is 19.4. The number of carboxylic acid groups (broad SMARTS) is 1. The van der Waals surface area contributed by atoms with E-state index in [4.69, 9.17) is 0 Å². The lowest BCUT2D eigenvalue weighted by Crippen LogP contribution is -2.39. The van der Waals surface area contributed by atoms with Crippen LogP contribution in [0.5, 0.6) is 0 Å². The summed E-state index contributed by atoms with van der Waals surface area (Å²) in [5, 5.41) is 9.89. The van der Waals surface area contributed by atoms with Crippen molar-refractivity contribution in [3.63, 3.8) is 0 Å². The zero-order valence-corrected chi connectivity index (χ0v) is 21.5. The van der Waals surface area contributed by atoms with Crippen LogP contribution in [0.1, 0.15) is 82.4 Å². The van der Waals surface area contributed by atoms with Crippen LogP contribution in [0.3, 0.4) is 0 Å². The van der Waals surface area contributed by atoms with Crippen molar-refractivity contribution in [2.75, 3.05) is 19.6 Å². The number of rotatable bonds is 7. The molecule has 2 aromatic carbocycles. The van der Waals surface area contributed by atoms with Crippen LogP contribution in [0.25, 0.3) is 11.1 Å². The Hall–Kier alpha value is -2.34. The summed E-state index contributed by atoms with van der Waals surface area (Å²) in [5.41, 5.74) is 2.81. The summed E-state index contributed by atoms with van der Waals surface area (Å²) in [6.07, 6.45) is -1.84. The third-order valence-electron chi connectivity index (χ3n) is 6.65. The molecule has 2 aromatic rings. The van der Waals surface area contributed by atoms with Gasteiger partial charge in [0.1, 0.15) is 0 Å². The molecule has 0 aromatic heterocycles. The van der Waals surface area contributed by atoms with E-state index >= 15 is 0 Å². The second kappa shape index (κ2) is 10.7. The summed E-state index contributed by atoms with van der Waals surface area (Å²) in [7, 11) is 0. The molecule has 0 aliphatic carbocycles. The predicted octanol–water partition coefficient (Wildman–Crippen LogP) is 7.81. The maximum absolute atomic E-state index is 13.2. The van der Waals surface area contributed by atoms with Gasteiger partial charge in [-0.2, -0.15) is 13.2 Å². The maximum Gasteiger partial charge on any atom is 0.416 e. The topological polar surface area (TPSA) is 40.5 Å². The highest BCUT2D eigenvalue weighted by Crippen LogP contribution is 2.39. The number of carboxylic acids is 1. The lowest BCUT2D eigenvalue weighted by atomic mass is 9.81. The maximum atomic E-state index is 13.2. The van der Waals surface area contributed by atoms with Crippen molar-refractivity contribution in [1.82, 2.24) is 4.90 Å². The van der Waals surface area contributed by atoms with Crippen LogP contribution in [0.2, 0.25) is 0 Å². The lowest BCUT2D eigenvalue weighted by molar-refractivity contribution is -0.139. The first-order chi connectivity index (χ1) is 16.2. The smallest absolute Gasteiger partial charge is 0.416 e. The number of hydrogen-bond acceptors (Lipinski definition) is 2. The van der Waals surface area contributed by atoms with Crippen LogP contribution < -0.4 is 0 Å². The Kier molecular flexibility index (Phi) is 8.36. The largest absolute Gasteiger partial charge is 0.481 e. The van der Waals surface area contributed by atoms with Crippen molar-refractivity contribution < 1.29 is 23.1 Å². The molecule has 1 heterocycles. The van der Waals surface area contributed by atoms with Gasteiger partial charge in [-0.1, -0.05) is 65.0 Å². The summed E-state index contributed by atoms with van der Waals surface area (Å²) in [5.74, 6) is -1.08. The molecule has 2 unspecified atom stereocenters. The molecule has 0 radical (unpaired) electrons. The molecule has 2 atom stereocenters. The molecular weight excluding hydrogens is 451 g/mol. The Morgan fingerprint density at radius 2 is 1.74 bits per heavy atom. The summed E-state index contributed by atoms with van der Waals surface area (Å²) in [6.45, 7) is 13.6. The molecular formula is C29H38F3NO2. The average Bonchev–Trinajstić information content (AvgIpc) is 2.75. The van der Waals surface area contributed by atoms with Gasteiger partial charge in [0.2, 0.25) is 0 Å². The van der Waals surface area contributed by atoms with Gasteiger partial charge in [0.25, 0.3) is 0 Å². The van der Waals surface area contributed by atoms with E-state index < -0.39 is 23.6 Å². The van der Waals surface area contributed by atoms with Gasteiger partial charge in [-0.05, 0) is 77.4 Å². The molecule has 0 spiro atoms. The number of alkyl halides is 3. The summed E-state index contributed by atoms with van der Waals surface area (Å²) in [4.78, 5) is 14.5. The van der Waals surface area contributed by atoms with E-state index in [0.29, 0.717) is 17.5 Å². The molecule has 0 bridgehead atoms. The molecule has 192 valence electrons. The fraction of sp³-hybridized carbons (Fsp3) is 0.552. The van der Waals surface area contributed by atoms with Crippen LogP contribution in [-0.4, -0.2) is 35.6 Å². The number of carbonyl (C=O) groups is 1. The van der Waals surface area contributed by atoms with Crippen LogP contribution in [0.4, 0.5) is 13.2 Å². The molecule has 0 saturated carbocycles. The van der Waals surface area contributed by atoms with Crippen molar-refractivity contribution in [3.05, 3.63) is 59.2 Å². The monoisotopic (exact) mass is 489 g/mol. The van der Waals surface area contributed by atoms with Crippen molar-refractivity contribution in [2.24, 2.45) is 11.3 Å². The number of benzene rings is 2. The Bertz CT molecular complexity index is 1010. The Morgan fingerprint density at radius 3 is 2.29 bits per heavy atom. The van der Waals surface area contributed by atoms with E-state index in [2.05, 4.69) is 25.7 Å². The zero-order valence-electron chi connectivity index (χ0n) is 21.5. The zero-order chi connectivity index (χ0) is 26.0. The van der Waals surface area contributed by atoms with E-state index in [1.165, 1.54) is 12.1 Å². The Labute approximate surface area is 207 Å². The molecule has 1 aliphatic rings. The molecule has 1 saturated heterocycles. The fourth-order valence-corrected chi connectivity index (χ4v) is 5.21. The number of piperidine rings is 1. The highest BCUT2D eigenvalue weighted by molar-refractivity contribution is 5.78. The van der Waals surface area contributed by atoms with E-state index in [0.717, 1.165) is 55.7 Å². The van der Waals surface area contributed by atoms with Gasteiger partial charge in [0.05, 0.1) is 11.5 Å². The minimum atomic E-state index is -4.40. The Balaban J connectivity index is 2.05. The number of likely N-dealkylation sites (tertiary alicyclic amines) is 1. The first kappa shape index (κ1) is 27.3. The normalized spacial score (nSPS) is 18.6. The highest BCUT2D eigenvalue weighted by Gasteiger charge is 2.31. The molecule has 1 fully saturated rings. The van der Waals surface area contributed by atoms with Crippen LogP contribution in [0, 0.1) is 11.3 Å². The third kappa shape index (κ3) is 7.33. The van der Waals surface area contributed by atoms with Gasteiger partial charge in [0, 0.05) is 13.1 Å². The SMILES string of the molecule is CC(C)CC(C(=O)O)c1ccc(C2CCCN(CC(C)(C)C)C2)c(-c2ccc(C(F)(F)F)cc2)c1. The minimum absolute atomic E-state index is 0.174. The van der Waals surface area contributed by atoms with Gasteiger partial charge < -0.3 is 10.0 Å². The minimum Gasteiger partial charge on any atom is -0.481 e. The molecule has 0 amide bonds. The molecule has 6 heteroatoms. The van der Waals surface area contributed by atoms with Gasteiger partial charge in [-0.15, -0.1) is 0 Å². The lowest BCUT2D eigenvalue weighted by Gasteiger charge is -2.37. The van der Waals surface area contributed by atoms with Crippen LogP contribution >= 0.6 is 0 Å². The van der Waals surface area contributed by atoms with Gasteiger partial charge in [-0.3, -0.25) is 4.79 Å². The van der Waals surface area contributed by atoms with E-state index in [1.54, 1.807) is 0 Å². The molecule has 3 rings (SSSR count). The van der Waals surface area contributed by atoms with Gasteiger partial charge in [0.15, 0.2) is 0 Å². The summed E-state index contributed by atoms with van der Waals surface area (Å²) >= 11 is 0. The number of halogens is 3. The van der Waals surface area contributed by atoms with Gasteiger partial charge in [-0.25, -0.2) is 0 Å².